The number of hydrogen-bond donors (Lipinski definition) is 3. The van der Waals surface area contributed by atoms with Gasteiger partial charge in [-0.3, -0.25) is 9.69 Å². The second kappa shape index (κ2) is 8.68. The minimum absolute atomic E-state index is 0.0507. The maximum absolute atomic E-state index is 13.3. The number of hydrogen-bond acceptors (Lipinski definition) is 6. The van der Waals surface area contributed by atoms with Crippen LogP contribution in [0.15, 0.2) is 66.9 Å². The topological polar surface area (TPSA) is 110 Å². The summed E-state index contributed by atoms with van der Waals surface area (Å²) in [6, 6.07) is 18.4. The molecule has 4 N–H and O–H groups in total. The minimum Gasteiger partial charge on any atom is -0.457 e. The van der Waals surface area contributed by atoms with Gasteiger partial charge in [-0.2, -0.15) is 0 Å². The van der Waals surface area contributed by atoms with Crippen molar-refractivity contribution in [2.75, 3.05) is 10.2 Å². The Morgan fingerprint density at radius 1 is 1.09 bits per heavy atom. The monoisotopic (exact) mass is 485 g/mol. The number of nitrogens with two attached hydrogens (primary N) is 1. The maximum Gasteiger partial charge on any atom is 0.331 e. The van der Waals surface area contributed by atoms with Gasteiger partial charge in [0.1, 0.15) is 21.2 Å². The molecule has 176 valence electrons. The van der Waals surface area contributed by atoms with Crippen molar-refractivity contribution in [3.05, 3.63) is 71.7 Å². The average Bonchev–Trinajstić information content (AvgIpc) is 3.44. The van der Waals surface area contributed by atoms with Crippen LogP contribution in [0.3, 0.4) is 0 Å². The normalized spacial score (nSPS) is 19.0. The molecule has 1 aliphatic carbocycles. The van der Waals surface area contributed by atoms with Crippen LogP contribution in [0.25, 0.3) is 10.2 Å². The zero-order chi connectivity index (χ0) is 23.9. The minimum atomic E-state index is -0.336. The lowest BCUT2D eigenvalue weighted by atomic mass is 10.1. The third kappa shape index (κ3) is 3.98. The van der Waals surface area contributed by atoms with Crippen molar-refractivity contribution in [1.82, 2.24) is 10.3 Å². The third-order valence-corrected chi connectivity index (χ3v) is 7.43. The van der Waals surface area contributed by atoms with Gasteiger partial charge < -0.3 is 21.1 Å². The molecule has 1 fully saturated rings. The van der Waals surface area contributed by atoms with E-state index in [2.05, 4.69) is 15.6 Å². The van der Waals surface area contributed by atoms with Gasteiger partial charge in [-0.25, -0.2) is 9.78 Å². The number of ether oxygens (including phenoxy) is 1. The van der Waals surface area contributed by atoms with E-state index >= 15 is 0 Å². The molecule has 6 rings (SSSR count). The molecule has 4 aromatic rings. The molecule has 2 atom stereocenters. The largest absolute Gasteiger partial charge is 0.457 e. The quantitative estimate of drug-likeness (QED) is 0.352. The molecule has 0 saturated heterocycles. The van der Waals surface area contributed by atoms with Crippen LogP contribution in [-0.4, -0.2) is 29.0 Å². The van der Waals surface area contributed by atoms with E-state index in [4.69, 9.17) is 10.5 Å². The lowest BCUT2D eigenvalue weighted by Gasteiger charge is -2.28. The molecule has 1 unspecified atom stereocenters. The average molecular weight is 486 g/mol. The molecule has 3 amide bonds. The van der Waals surface area contributed by atoms with Gasteiger partial charge in [-0.1, -0.05) is 18.2 Å². The smallest absolute Gasteiger partial charge is 0.331 e. The van der Waals surface area contributed by atoms with Crippen LogP contribution in [0, 0.1) is 0 Å². The molecule has 1 saturated carbocycles. The van der Waals surface area contributed by atoms with Crippen molar-refractivity contribution in [2.24, 2.45) is 5.73 Å². The van der Waals surface area contributed by atoms with Gasteiger partial charge >= 0.3 is 6.03 Å². The van der Waals surface area contributed by atoms with Crippen molar-refractivity contribution >= 4 is 50.6 Å². The van der Waals surface area contributed by atoms with Crippen LogP contribution in [0.2, 0.25) is 0 Å². The molecule has 2 aromatic heterocycles. The molecular weight excluding hydrogens is 462 g/mol. The summed E-state index contributed by atoms with van der Waals surface area (Å²) in [7, 11) is 0. The summed E-state index contributed by atoms with van der Waals surface area (Å²) in [5.41, 5.74) is 7.87. The Balaban J connectivity index is 1.31. The predicted octanol–water partition coefficient (Wildman–Crippen LogP) is 5.38. The molecule has 8 nitrogen and oxygen atoms in total. The molecule has 2 aromatic carbocycles. The highest BCUT2D eigenvalue weighted by atomic mass is 32.1. The summed E-state index contributed by atoms with van der Waals surface area (Å²) in [6.45, 7) is 0. The first kappa shape index (κ1) is 21.6. The van der Waals surface area contributed by atoms with E-state index in [9.17, 15) is 9.59 Å². The van der Waals surface area contributed by atoms with E-state index in [1.165, 1.54) is 11.3 Å². The van der Waals surface area contributed by atoms with E-state index in [1.807, 2.05) is 54.6 Å². The fourth-order valence-corrected chi connectivity index (χ4v) is 5.71. The maximum atomic E-state index is 13.3. The highest BCUT2D eigenvalue weighted by molar-refractivity contribution is 7.21. The molecule has 3 heterocycles. The zero-order valence-corrected chi connectivity index (χ0v) is 19.5. The second-order valence-corrected chi connectivity index (χ2v) is 9.73. The first-order valence-electron chi connectivity index (χ1n) is 11.5. The van der Waals surface area contributed by atoms with E-state index in [0.717, 1.165) is 30.4 Å². The van der Waals surface area contributed by atoms with Crippen LogP contribution in [0.5, 0.6) is 11.5 Å². The summed E-state index contributed by atoms with van der Waals surface area (Å²) < 4.78 is 5.87. The fraction of sp³-hybridized carbons (Fsp3) is 0.192. The van der Waals surface area contributed by atoms with Gasteiger partial charge in [0.2, 0.25) is 0 Å². The summed E-state index contributed by atoms with van der Waals surface area (Å²) in [5.74, 6) is 1.20. The first-order valence-corrected chi connectivity index (χ1v) is 12.3. The molecule has 9 heteroatoms. The number of nitrogens with one attached hydrogen (secondary N) is 2. The number of aromatic nitrogens is 1. The van der Waals surface area contributed by atoms with Crippen LogP contribution in [0.1, 0.15) is 28.9 Å². The van der Waals surface area contributed by atoms with Gasteiger partial charge in [0.05, 0.1) is 22.4 Å². The van der Waals surface area contributed by atoms with Crippen LogP contribution < -0.4 is 26.0 Å². The van der Waals surface area contributed by atoms with E-state index in [-0.39, 0.29) is 24.0 Å². The predicted molar refractivity (Wildman–Crippen MR) is 137 cm³/mol. The Labute approximate surface area is 205 Å². The Morgan fingerprint density at radius 3 is 2.60 bits per heavy atom. The van der Waals surface area contributed by atoms with E-state index < -0.39 is 0 Å². The molecule has 0 bridgehead atoms. The molecular formula is C26H23N5O3S. The summed E-state index contributed by atoms with van der Waals surface area (Å²) in [5, 5.41) is 6.76. The number of anilines is 3. The van der Waals surface area contributed by atoms with Crippen LogP contribution in [-0.2, 0) is 0 Å². The first-order chi connectivity index (χ1) is 17.1. The van der Waals surface area contributed by atoms with E-state index in [1.54, 1.807) is 17.2 Å². The summed E-state index contributed by atoms with van der Waals surface area (Å²) in [4.78, 5) is 33.6. The van der Waals surface area contributed by atoms with Gasteiger partial charge in [-0.05, 0) is 61.7 Å². The van der Waals surface area contributed by atoms with Crippen molar-refractivity contribution in [2.45, 2.75) is 31.3 Å². The number of urea groups is 1. The van der Waals surface area contributed by atoms with Crippen molar-refractivity contribution in [1.29, 1.82) is 0 Å². The Kier molecular flexibility index (Phi) is 5.35. The number of carbonyl (C=O) groups excluding carboxylic acids is 2. The molecule has 1 aliphatic heterocycles. The Bertz CT molecular complexity index is 1420. The number of rotatable bonds is 5. The van der Waals surface area contributed by atoms with Crippen molar-refractivity contribution < 1.29 is 14.3 Å². The Morgan fingerprint density at radius 2 is 1.86 bits per heavy atom. The van der Waals surface area contributed by atoms with Crippen LogP contribution >= 0.6 is 11.3 Å². The number of nitrogens with zero attached hydrogens (tertiary/aromatic N) is 2. The number of carbonyl (C=O) groups is 2. The lowest BCUT2D eigenvalue weighted by molar-refractivity contribution is 0.0942. The highest BCUT2D eigenvalue weighted by Gasteiger charge is 2.33. The highest BCUT2D eigenvalue weighted by Crippen LogP contribution is 2.46. The van der Waals surface area contributed by atoms with Gasteiger partial charge in [0, 0.05) is 18.3 Å². The molecule has 2 aliphatic rings. The SMILES string of the molecule is NC1CC[C@@H](NC(=O)c2sc3nccc4c3c2NC(=O)N4c2ccc(Oc3ccccc3)cc2)C1. The van der Waals surface area contributed by atoms with Crippen LogP contribution in [0.4, 0.5) is 21.9 Å². The standard InChI is InChI=1S/C26H23N5O3S/c27-15-6-7-16(14-15)29-24(32)23-22-21-20(12-13-28-25(21)35-23)31(26(33)30-22)17-8-10-19(11-9-17)34-18-4-2-1-3-5-18/h1-5,8-13,15-16H,6-7,14,27H2,(H,29,32)(H,30,33)/t15?,16-/m1/s1. The summed E-state index contributed by atoms with van der Waals surface area (Å²) in [6.07, 6.45) is 4.19. The lowest BCUT2D eigenvalue weighted by Crippen LogP contribution is -2.36. The number of amides is 3. The summed E-state index contributed by atoms with van der Waals surface area (Å²) >= 11 is 1.28. The Hall–Kier alpha value is -3.95. The zero-order valence-electron chi connectivity index (χ0n) is 18.7. The van der Waals surface area contributed by atoms with Gasteiger partial charge in [0.25, 0.3) is 5.91 Å². The van der Waals surface area contributed by atoms with E-state index in [0.29, 0.717) is 32.5 Å². The number of benzene rings is 2. The number of pyridine rings is 1. The third-order valence-electron chi connectivity index (χ3n) is 6.33. The fourth-order valence-electron chi connectivity index (χ4n) is 4.69. The second-order valence-electron chi connectivity index (χ2n) is 8.73. The van der Waals surface area contributed by atoms with Gasteiger partial charge in [0.15, 0.2) is 0 Å². The van der Waals surface area contributed by atoms with Gasteiger partial charge in [-0.15, -0.1) is 11.3 Å². The van der Waals surface area contributed by atoms with Crippen molar-refractivity contribution in [3.8, 4) is 11.5 Å². The number of para-hydroxylation sites is 1. The van der Waals surface area contributed by atoms with Crippen molar-refractivity contribution in [3.63, 3.8) is 0 Å². The molecule has 0 radical (unpaired) electrons. The number of thiophene rings is 1. The molecule has 0 spiro atoms. The molecule has 35 heavy (non-hydrogen) atoms.